The molecule has 2 aromatic carbocycles. The van der Waals surface area contributed by atoms with Gasteiger partial charge < -0.3 is 9.47 Å². The van der Waals surface area contributed by atoms with Crippen LogP contribution >= 0.6 is 0 Å². The number of hydrogen-bond acceptors (Lipinski definition) is 3. The monoisotopic (exact) mass is 256 g/mol. The maximum atomic E-state index is 12.5. The number of rotatable bonds is 4. The molecule has 0 N–H and O–H groups in total. The number of methoxy groups -OCH3 is 2. The fraction of sp³-hybridized carbons (Fsp3) is 0.188. The Bertz CT molecular complexity index is 603. The fourth-order valence-electron chi connectivity index (χ4n) is 1.91. The van der Waals surface area contributed by atoms with E-state index in [1.165, 1.54) is 0 Å². The lowest BCUT2D eigenvalue weighted by atomic mass is 10.0. The van der Waals surface area contributed by atoms with Crippen molar-refractivity contribution in [3.63, 3.8) is 0 Å². The minimum atomic E-state index is -0.0734. The molecule has 3 heteroatoms. The smallest absolute Gasteiger partial charge is 0.196 e. The lowest BCUT2D eigenvalue weighted by Gasteiger charge is -2.09. The zero-order chi connectivity index (χ0) is 13.8. The maximum absolute atomic E-state index is 12.5. The van der Waals surface area contributed by atoms with Crippen molar-refractivity contribution in [3.05, 3.63) is 59.2 Å². The van der Waals surface area contributed by atoms with Gasteiger partial charge in [0.1, 0.15) is 11.5 Å². The molecule has 0 aromatic heterocycles. The lowest BCUT2D eigenvalue weighted by molar-refractivity contribution is 0.103. The van der Waals surface area contributed by atoms with Gasteiger partial charge in [-0.3, -0.25) is 4.79 Å². The molecule has 0 bridgehead atoms. The van der Waals surface area contributed by atoms with Crippen LogP contribution in [-0.2, 0) is 0 Å². The van der Waals surface area contributed by atoms with Crippen molar-refractivity contribution >= 4 is 5.78 Å². The third-order valence-corrected chi connectivity index (χ3v) is 2.93. The number of aryl methyl sites for hydroxylation is 1. The van der Waals surface area contributed by atoms with Crippen LogP contribution in [0.5, 0.6) is 11.5 Å². The topological polar surface area (TPSA) is 35.5 Å². The van der Waals surface area contributed by atoms with Crippen molar-refractivity contribution in [3.8, 4) is 11.5 Å². The molecule has 2 aromatic rings. The van der Waals surface area contributed by atoms with Gasteiger partial charge in [0.05, 0.1) is 19.8 Å². The average Bonchev–Trinajstić information content (AvgIpc) is 2.46. The van der Waals surface area contributed by atoms with Crippen molar-refractivity contribution in [2.24, 2.45) is 0 Å². The van der Waals surface area contributed by atoms with Gasteiger partial charge in [-0.05, 0) is 36.8 Å². The van der Waals surface area contributed by atoms with Gasteiger partial charge in [-0.1, -0.05) is 18.2 Å². The maximum Gasteiger partial charge on any atom is 0.196 e. The number of carbonyl (C=O) groups is 1. The van der Waals surface area contributed by atoms with Gasteiger partial charge in [-0.2, -0.15) is 0 Å². The summed E-state index contributed by atoms with van der Waals surface area (Å²) in [4.78, 5) is 12.5. The van der Waals surface area contributed by atoms with E-state index in [4.69, 9.17) is 9.47 Å². The first-order valence-corrected chi connectivity index (χ1v) is 5.99. The van der Waals surface area contributed by atoms with Crippen LogP contribution < -0.4 is 9.47 Å². The van der Waals surface area contributed by atoms with E-state index < -0.39 is 0 Å². The third-order valence-electron chi connectivity index (χ3n) is 2.93. The lowest BCUT2D eigenvalue weighted by Crippen LogP contribution is -2.04. The molecule has 0 saturated heterocycles. The second-order valence-corrected chi connectivity index (χ2v) is 4.26. The fourth-order valence-corrected chi connectivity index (χ4v) is 1.91. The van der Waals surface area contributed by atoms with Crippen molar-refractivity contribution in [1.82, 2.24) is 0 Å². The number of ether oxygens (including phenoxy) is 2. The summed E-state index contributed by atoms with van der Waals surface area (Å²) in [5.41, 5.74) is 2.20. The summed E-state index contributed by atoms with van der Waals surface area (Å²) in [6.07, 6.45) is 0. The molecule has 0 spiro atoms. The second kappa shape index (κ2) is 5.57. The van der Waals surface area contributed by atoms with E-state index in [1.807, 2.05) is 25.1 Å². The van der Waals surface area contributed by atoms with Gasteiger partial charge in [0.15, 0.2) is 5.78 Å². The van der Waals surface area contributed by atoms with E-state index in [9.17, 15) is 4.79 Å². The predicted molar refractivity (Wildman–Crippen MR) is 74.2 cm³/mol. The number of carbonyl (C=O) groups excluding carboxylic acids is 1. The standard InChI is InChI=1S/C16H16O3/c1-11-7-8-14(15(9-11)19-3)16(17)12-5-4-6-13(10-12)18-2/h4-10H,1-3H3. The minimum Gasteiger partial charge on any atom is -0.497 e. The van der Waals surface area contributed by atoms with Gasteiger partial charge in [-0.15, -0.1) is 0 Å². The van der Waals surface area contributed by atoms with E-state index >= 15 is 0 Å². The summed E-state index contributed by atoms with van der Waals surface area (Å²) < 4.78 is 10.4. The number of ketones is 1. The Morgan fingerprint density at radius 3 is 2.47 bits per heavy atom. The number of hydrogen-bond donors (Lipinski definition) is 0. The highest BCUT2D eigenvalue weighted by molar-refractivity contribution is 6.10. The molecule has 0 fully saturated rings. The summed E-state index contributed by atoms with van der Waals surface area (Å²) in [5, 5.41) is 0. The van der Waals surface area contributed by atoms with E-state index in [0.29, 0.717) is 22.6 Å². The first kappa shape index (κ1) is 13.1. The van der Waals surface area contributed by atoms with Crippen LogP contribution in [0.15, 0.2) is 42.5 Å². The first-order chi connectivity index (χ1) is 9.15. The summed E-state index contributed by atoms with van der Waals surface area (Å²) in [5.74, 6) is 1.18. The Kier molecular flexibility index (Phi) is 3.85. The molecule has 0 heterocycles. The van der Waals surface area contributed by atoms with E-state index in [-0.39, 0.29) is 5.78 Å². The zero-order valence-corrected chi connectivity index (χ0v) is 11.3. The van der Waals surface area contributed by atoms with Crippen molar-refractivity contribution in [2.75, 3.05) is 14.2 Å². The number of benzene rings is 2. The van der Waals surface area contributed by atoms with Gasteiger partial charge in [0.25, 0.3) is 0 Å². The minimum absolute atomic E-state index is 0.0734. The Labute approximate surface area is 112 Å². The molecule has 2 rings (SSSR count). The Morgan fingerprint density at radius 1 is 1.00 bits per heavy atom. The van der Waals surface area contributed by atoms with Crippen LogP contribution in [-0.4, -0.2) is 20.0 Å². The van der Waals surface area contributed by atoms with Crippen molar-refractivity contribution in [2.45, 2.75) is 6.92 Å². The molecule has 0 saturated carbocycles. The van der Waals surface area contributed by atoms with Crippen LogP contribution in [0, 0.1) is 6.92 Å². The highest BCUT2D eigenvalue weighted by Gasteiger charge is 2.14. The normalized spacial score (nSPS) is 10.1. The molecule has 19 heavy (non-hydrogen) atoms. The Hall–Kier alpha value is -2.29. The zero-order valence-electron chi connectivity index (χ0n) is 11.3. The van der Waals surface area contributed by atoms with Gasteiger partial charge in [0.2, 0.25) is 0 Å². The van der Waals surface area contributed by atoms with Crippen LogP contribution in [0.4, 0.5) is 0 Å². The quantitative estimate of drug-likeness (QED) is 0.788. The summed E-state index contributed by atoms with van der Waals surface area (Å²) >= 11 is 0. The SMILES string of the molecule is COc1cccc(C(=O)c2ccc(C)cc2OC)c1. The molecular formula is C16H16O3. The molecule has 0 amide bonds. The second-order valence-electron chi connectivity index (χ2n) is 4.26. The highest BCUT2D eigenvalue weighted by Crippen LogP contribution is 2.24. The largest absolute Gasteiger partial charge is 0.497 e. The Balaban J connectivity index is 2.43. The first-order valence-electron chi connectivity index (χ1n) is 5.99. The molecule has 0 aliphatic carbocycles. The molecule has 0 atom stereocenters. The van der Waals surface area contributed by atoms with Crippen molar-refractivity contribution in [1.29, 1.82) is 0 Å². The summed E-state index contributed by atoms with van der Waals surface area (Å²) in [7, 11) is 3.15. The van der Waals surface area contributed by atoms with Crippen LogP contribution in [0.2, 0.25) is 0 Å². The van der Waals surface area contributed by atoms with Crippen LogP contribution in [0.1, 0.15) is 21.5 Å². The molecule has 98 valence electrons. The third kappa shape index (κ3) is 2.76. The van der Waals surface area contributed by atoms with E-state index in [0.717, 1.165) is 5.56 Å². The highest BCUT2D eigenvalue weighted by atomic mass is 16.5. The van der Waals surface area contributed by atoms with Crippen LogP contribution in [0.3, 0.4) is 0 Å². The summed E-state index contributed by atoms with van der Waals surface area (Å²) in [6.45, 7) is 1.96. The van der Waals surface area contributed by atoms with E-state index in [2.05, 4.69) is 0 Å². The molecule has 0 unspecified atom stereocenters. The summed E-state index contributed by atoms with van der Waals surface area (Å²) in [6, 6.07) is 12.6. The van der Waals surface area contributed by atoms with Gasteiger partial charge >= 0.3 is 0 Å². The average molecular weight is 256 g/mol. The van der Waals surface area contributed by atoms with Gasteiger partial charge in [-0.25, -0.2) is 0 Å². The van der Waals surface area contributed by atoms with Gasteiger partial charge in [0, 0.05) is 5.56 Å². The molecular weight excluding hydrogens is 240 g/mol. The van der Waals surface area contributed by atoms with Crippen molar-refractivity contribution < 1.29 is 14.3 Å². The molecule has 0 aliphatic heterocycles. The van der Waals surface area contributed by atoms with E-state index in [1.54, 1.807) is 38.5 Å². The molecule has 3 nitrogen and oxygen atoms in total. The van der Waals surface area contributed by atoms with Crippen LogP contribution in [0.25, 0.3) is 0 Å². The molecule has 0 radical (unpaired) electrons. The molecule has 0 aliphatic rings. The Morgan fingerprint density at radius 2 is 1.79 bits per heavy atom. The predicted octanol–water partition coefficient (Wildman–Crippen LogP) is 3.24.